The lowest BCUT2D eigenvalue weighted by Crippen LogP contribution is -2.60. The summed E-state index contributed by atoms with van der Waals surface area (Å²) >= 11 is 3.53. The molecule has 0 spiro atoms. The molecule has 0 aromatic carbocycles. The number of nitrogens with zero attached hydrogens (tertiary/aromatic N) is 1. The highest BCUT2D eigenvalue weighted by molar-refractivity contribution is 9.10. The van der Waals surface area contributed by atoms with Crippen LogP contribution in [-0.4, -0.2) is 27.7 Å². The average molecular weight is 298 g/mol. The molecule has 5 rings (SSSR count). The van der Waals surface area contributed by atoms with Gasteiger partial charge in [-0.3, -0.25) is 4.79 Å². The van der Waals surface area contributed by atoms with Crippen molar-refractivity contribution >= 4 is 21.8 Å². The lowest BCUT2D eigenvalue weighted by atomic mass is 9.52. The van der Waals surface area contributed by atoms with Gasteiger partial charge in [0.05, 0.1) is 4.83 Å². The van der Waals surface area contributed by atoms with Gasteiger partial charge in [-0.25, -0.2) is 0 Å². The van der Waals surface area contributed by atoms with Crippen molar-refractivity contribution < 1.29 is 4.79 Å². The van der Waals surface area contributed by atoms with E-state index in [-0.39, 0.29) is 10.4 Å². The second-order valence-corrected chi connectivity index (χ2v) is 7.99. The summed E-state index contributed by atoms with van der Waals surface area (Å²) in [6.07, 6.45) is 9.32. The number of rotatable bonds is 1. The van der Waals surface area contributed by atoms with E-state index in [0.29, 0.717) is 5.91 Å². The Labute approximate surface area is 111 Å². The maximum absolute atomic E-state index is 12.3. The number of halogens is 1. The van der Waals surface area contributed by atoms with Gasteiger partial charge >= 0.3 is 0 Å². The molecular formula is C14H20BrNO. The number of likely N-dealkylation sites (tertiary alicyclic amines) is 1. The van der Waals surface area contributed by atoms with Crippen molar-refractivity contribution in [3.63, 3.8) is 0 Å². The van der Waals surface area contributed by atoms with Gasteiger partial charge in [0, 0.05) is 12.1 Å². The Morgan fingerprint density at radius 2 is 1.59 bits per heavy atom. The normalized spacial score (nSPS) is 52.5. The summed E-state index contributed by atoms with van der Waals surface area (Å²) in [4.78, 5) is 14.7. The molecule has 0 N–H and O–H groups in total. The Morgan fingerprint density at radius 3 is 2.00 bits per heavy atom. The van der Waals surface area contributed by atoms with Crippen LogP contribution in [0.25, 0.3) is 0 Å². The fourth-order valence-electron chi connectivity index (χ4n) is 5.51. The van der Waals surface area contributed by atoms with E-state index in [0.717, 1.165) is 30.7 Å². The largest absolute Gasteiger partial charge is 0.336 e. The molecule has 1 saturated heterocycles. The molecule has 1 atom stereocenters. The van der Waals surface area contributed by atoms with Gasteiger partial charge in [-0.1, -0.05) is 15.9 Å². The van der Waals surface area contributed by atoms with Crippen LogP contribution >= 0.6 is 15.9 Å². The molecule has 2 nitrogen and oxygen atoms in total. The lowest BCUT2D eigenvalue weighted by molar-refractivity contribution is -0.144. The molecular weight excluding hydrogens is 278 g/mol. The molecule has 17 heavy (non-hydrogen) atoms. The first-order valence-electron chi connectivity index (χ1n) is 7.12. The Bertz CT molecular complexity index is 332. The first-order chi connectivity index (χ1) is 8.16. The third-order valence-corrected chi connectivity index (χ3v) is 6.57. The molecule has 0 aromatic heterocycles. The van der Waals surface area contributed by atoms with Gasteiger partial charge in [0.1, 0.15) is 0 Å². The van der Waals surface area contributed by atoms with E-state index < -0.39 is 0 Å². The summed E-state index contributed by atoms with van der Waals surface area (Å²) in [6, 6.07) is 0. The first kappa shape index (κ1) is 10.8. The van der Waals surface area contributed by atoms with Crippen molar-refractivity contribution in [3.8, 4) is 0 Å². The smallest absolute Gasteiger partial charge is 0.236 e. The maximum Gasteiger partial charge on any atom is 0.236 e. The lowest BCUT2D eigenvalue weighted by Gasteiger charge is -2.59. The van der Waals surface area contributed by atoms with Crippen molar-refractivity contribution in [2.75, 3.05) is 6.54 Å². The monoisotopic (exact) mass is 297 g/mol. The van der Waals surface area contributed by atoms with Gasteiger partial charge in [0.25, 0.3) is 0 Å². The Kier molecular flexibility index (Phi) is 2.23. The molecule has 5 fully saturated rings. The topological polar surface area (TPSA) is 20.3 Å². The zero-order valence-electron chi connectivity index (χ0n) is 10.2. The molecule has 4 bridgehead atoms. The Morgan fingerprint density at radius 1 is 1.06 bits per heavy atom. The van der Waals surface area contributed by atoms with Crippen LogP contribution in [0.4, 0.5) is 0 Å². The summed E-state index contributed by atoms with van der Waals surface area (Å²) in [5, 5.41) is 0. The molecule has 1 aliphatic heterocycles. The van der Waals surface area contributed by atoms with Crippen LogP contribution in [0.5, 0.6) is 0 Å². The Balaban J connectivity index is 1.66. The van der Waals surface area contributed by atoms with Crippen molar-refractivity contribution in [1.29, 1.82) is 0 Å². The van der Waals surface area contributed by atoms with Crippen molar-refractivity contribution in [2.24, 2.45) is 17.8 Å². The molecule has 5 aliphatic rings. The van der Waals surface area contributed by atoms with Crippen molar-refractivity contribution in [2.45, 2.75) is 55.3 Å². The number of carbonyl (C=O) groups excluding carboxylic acids is 1. The fourth-order valence-corrected chi connectivity index (χ4v) is 5.96. The Hall–Kier alpha value is -0.0500. The van der Waals surface area contributed by atoms with Crippen LogP contribution < -0.4 is 0 Å². The maximum atomic E-state index is 12.3. The van der Waals surface area contributed by atoms with Crippen LogP contribution in [-0.2, 0) is 4.79 Å². The zero-order valence-corrected chi connectivity index (χ0v) is 11.8. The minimum absolute atomic E-state index is 0.107. The summed E-state index contributed by atoms with van der Waals surface area (Å²) in [6.45, 7) is 1.00. The van der Waals surface area contributed by atoms with Gasteiger partial charge in [-0.15, -0.1) is 0 Å². The molecule has 1 heterocycles. The molecule has 0 aromatic rings. The number of alkyl halides is 1. The van der Waals surface area contributed by atoms with Crippen LogP contribution in [0, 0.1) is 17.8 Å². The summed E-state index contributed by atoms with van der Waals surface area (Å²) in [7, 11) is 0. The number of hydrogen-bond acceptors (Lipinski definition) is 1. The zero-order chi connectivity index (χ0) is 11.6. The van der Waals surface area contributed by atoms with E-state index in [9.17, 15) is 4.79 Å². The predicted octanol–water partition coefficient (Wildman–Crippen LogP) is 2.95. The summed E-state index contributed by atoms with van der Waals surface area (Å²) in [5.74, 6) is 3.18. The van der Waals surface area contributed by atoms with Gasteiger partial charge in [0.2, 0.25) is 5.91 Å². The van der Waals surface area contributed by atoms with Crippen LogP contribution in [0.3, 0.4) is 0 Å². The molecule has 4 aliphatic carbocycles. The number of hydrogen-bond donors (Lipinski definition) is 0. The highest BCUT2D eigenvalue weighted by Crippen LogP contribution is 2.58. The van der Waals surface area contributed by atoms with E-state index in [1.54, 1.807) is 0 Å². The third-order valence-electron chi connectivity index (χ3n) is 5.72. The third kappa shape index (κ3) is 1.47. The molecule has 1 unspecified atom stereocenters. The number of carbonyl (C=O) groups is 1. The first-order valence-corrected chi connectivity index (χ1v) is 8.03. The minimum Gasteiger partial charge on any atom is -0.336 e. The van der Waals surface area contributed by atoms with E-state index >= 15 is 0 Å². The molecule has 0 radical (unpaired) electrons. The van der Waals surface area contributed by atoms with Gasteiger partial charge < -0.3 is 4.90 Å². The fraction of sp³-hybridized carbons (Fsp3) is 0.929. The summed E-state index contributed by atoms with van der Waals surface area (Å²) in [5.41, 5.74) is 0.286. The van der Waals surface area contributed by atoms with Crippen LogP contribution in [0.1, 0.15) is 44.9 Å². The second-order valence-electron chi connectivity index (χ2n) is 6.89. The standard InChI is InChI=1S/C14H20BrNO/c15-12-1-2-16(13(12)17)14-6-9-3-10(7-14)5-11(4-9)8-14/h9-12H,1-8H2. The predicted molar refractivity (Wildman–Crippen MR) is 69.9 cm³/mol. The second kappa shape index (κ2) is 3.49. The highest BCUT2D eigenvalue weighted by atomic mass is 79.9. The van der Waals surface area contributed by atoms with Gasteiger partial charge in [-0.2, -0.15) is 0 Å². The van der Waals surface area contributed by atoms with Gasteiger partial charge in [-0.05, 0) is 62.7 Å². The van der Waals surface area contributed by atoms with Crippen LogP contribution in [0.2, 0.25) is 0 Å². The van der Waals surface area contributed by atoms with Crippen LogP contribution in [0.15, 0.2) is 0 Å². The molecule has 94 valence electrons. The highest BCUT2D eigenvalue weighted by Gasteiger charge is 2.56. The quantitative estimate of drug-likeness (QED) is 0.682. The van der Waals surface area contributed by atoms with E-state index in [4.69, 9.17) is 0 Å². The molecule has 1 amide bonds. The van der Waals surface area contributed by atoms with E-state index in [2.05, 4.69) is 20.8 Å². The van der Waals surface area contributed by atoms with Crippen molar-refractivity contribution in [3.05, 3.63) is 0 Å². The summed E-state index contributed by atoms with van der Waals surface area (Å²) < 4.78 is 0. The van der Waals surface area contributed by atoms with Gasteiger partial charge in [0.15, 0.2) is 0 Å². The number of amides is 1. The average Bonchev–Trinajstić information content (AvgIpc) is 2.58. The van der Waals surface area contributed by atoms with E-state index in [1.807, 2.05) is 0 Å². The minimum atomic E-state index is 0.107. The SMILES string of the molecule is O=C1C(Br)CCN1C12CC3CC(CC(C3)C1)C2. The van der Waals surface area contributed by atoms with Crippen molar-refractivity contribution in [1.82, 2.24) is 4.90 Å². The van der Waals surface area contributed by atoms with E-state index in [1.165, 1.54) is 38.5 Å². The molecule has 3 heteroatoms. The molecule has 4 saturated carbocycles.